The van der Waals surface area contributed by atoms with Gasteiger partial charge in [0, 0.05) is 10.6 Å². The van der Waals surface area contributed by atoms with E-state index in [2.05, 4.69) is 5.43 Å². The summed E-state index contributed by atoms with van der Waals surface area (Å²) in [6.45, 7) is 0. The summed E-state index contributed by atoms with van der Waals surface area (Å²) in [6.07, 6.45) is 0.138. The Morgan fingerprint density at radius 2 is 1.96 bits per heavy atom. The van der Waals surface area contributed by atoms with E-state index in [4.69, 9.17) is 11.6 Å². The highest BCUT2D eigenvalue weighted by molar-refractivity contribution is 8.00. The maximum Gasteiger partial charge on any atom is 0.252 e. The molecule has 1 aliphatic rings. The number of nitrogens with zero attached hydrogens (tertiary/aromatic N) is 1. The minimum atomic E-state index is -0.437. The van der Waals surface area contributed by atoms with Crippen molar-refractivity contribution in [2.45, 2.75) is 11.8 Å². The molecule has 2 aromatic rings. The van der Waals surface area contributed by atoms with Crippen molar-refractivity contribution in [3.63, 3.8) is 0 Å². The fourth-order valence-electron chi connectivity index (χ4n) is 2.43. The molecule has 2 N–H and O–H groups in total. The molecular formula is C17H15ClN2O3S. The van der Waals surface area contributed by atoms with Crippen molar-refractivity contribution in [2.24, 2.45) is 0 Å². The average Bonchev–Trinajstić information content (AvgIpc) is 2.91. The van der Waals surface area contributed by atoms with Gasteiger partial charge in [-0.05, 0) is 23.8 Å². The number of hydrogen-bond acceptors (Lipinski definition) is 4. The summed E-state index contributed by atoms with van der Waals surface area (Å²) in [6, 6.07) is 13.8. The van der Waals surface area contributed by atoms with E-state index in [0.29, 0.717) is 10.6 Å². The van der Waals surface area contributed by atoms with Crippen molar-refractivity contribution in [3.8, 4) is 5.75 Å². The molecule has 1 aliphatic heterocycles. The molecule has 1 unspecified atom stereocenters. The lowest BCUT2D eigenvalue weighted by molar-refractivity contribution is -0.139. The third kappa shape index (κ3) is 3.66. The Kier molecular flexibility index (Phi) is 4.97. The van der Waals surface area contributed by atoms with Gasteiger partial charge in [0.1, 0.15) is 11.1 Å². The molecule has 0 aliphatic carbocycles. The first kappa shape index (κ1) is 16.7. The third-order valence-electron chi connectivity index (χ3n) is 3.59. The average molecular weight is 363 g/mol. The van der Waals surface area contributed by atoms with E-state index < -0.39 is 5.37 Å². The number of hydrazine groups is 1. The predicted molar refractivity (Wildman–Crippen MR) is 93.5 cm³/mol. The van der Waals surface area contributed by atoms with E-state index in [1.165, 1.54) is 16.8 Å². The van der Waals surface area contributed by atoms with Crippen LogP contribution in [0.15, 0.2) is 48.5 Å². The highest BCUT2D eigenvalue weighted by Crippen LogP contribution is 2.40. The lowest BCUT2D eigenvalue weighted by Gasteiger charge is -2.25. The second-order valence-electron chi connectivity index (χ2n) is 5.32. The van der Waals surface area contributed by atoms with Gasteiger partial charge in [0.2, 0.25) is 5.91 Å². The van der Waals surface area contributed by atoms with Crippen LogP contribution in [0.4, 0.5) is 0 Å². The molecule has 7 heteroatoms. The molecule has 5 nitrogen and oxygen atoms in total. The van der Waals surface area contributed by atoms with Crippen LogP contribution < -0.4 is 5.43 Å². The number of halogens is 1. The summed E-state index contributed by atoms with van der Waals surface area (Å²) in [5.41, 5.74) is 4.05. The van der Waals surface area contributed by atoms with Crippen molar-refractivity contribution >= 4 is 35.2 Å². The molecular weight excluding hydrogens is 348 g/mol. The van der Waals surface area contributed by atoms with Gasteiger partial charge < -0.3 is 5.11 Å². The van der Waals surface area contributed by atoms with Gasteiger partial charge in [0.25, 0.3) is 5.91 Å². The van der Waals surface area contributed by atoms with Gasteiger partial charge in [-0.25, -0.2) is 5.01 Å². The molecule has 2 amide bonds. The number of thioether (sulfide) groups is 1. The zero-order chi connectivity index (χ0) is 17.1. The van der Waals surface area contributed by atoms with Crippen LogP contribution in [0.2, 0.25) is 5.02 Å². The predicted octanol–water partition coefficient (Wildman–Crippen LogP) is 2.89. The Morgan fingerprint density at radius 1 is 1.25 bits per heavy atom. The molecule has 0 saturated carbocycles. The van der Waals surface area contributed by atoms with Crippen molar-refractivity contribution in [1.29, 1.82) is 0 Å². The second-order valence-corrected chi connectivity index (χ2v) is 6.83. The normalized spacial score (nSPS) is 17.1. The summed E-state index contributed by atoms with van der Waals surface area (Å²) in [5.74, 6) is -0.145. The maximum atomic E-state index is 12.3. The van der Waals surface area contributed by atoms with Crippen LogP contribution in [0.25, 0.3) is 0 Å². The topological polar surface area (TPSA) is 69.6 Å². The molecule has 1 heterocycles. The largest absolute Gasteiger partial charge is 0.508 e. The van der Waals surface area contributed by atoms with E-state index in [1.54, 1.807) is 48.5 Å². The van der Waals surface area contributed by atoms with E-state index in [9.17, 15) is 14.7 Å². The minimum absolute atomic E-state index is 0.0988. The van der Waals surface area contributed by atoms with Gasteiger partial charge in [-0.15, -0.1) is 11.8 Å². The number of carbonyl (C=O) groups excluding carboxylic acids is 2. The molecule has 3 rings (SSSR count). The van der Waals surface area contributed by atoms with E-state index >= 15 is 0 Å². The van der Waals surface area contributed by atoms with Crippen molar-refractivity contribution in [3.05, 3.63) is 64.7 Å². The van der Waals surface area contributed by atoms with Crippen LogP contribution in [0.3, 0.4) is 0 Å². The van der Waals surface area contributed by atoms with Crippen molar-refractivity contribution in [1.82, 2.24) is 10.4 Å². The number of nitrogens with one attached hydrogen (secondary N) is 1. The van der Waals surface area contributed by atoms with Gasteiger partial charge in [0.15, 0.2) is 0 Å². The molecule has 124 valence electrons. The second kappa shape index (κ2) is 7.15. The van der Waals surface area contributed by atoms with Crippen molar-refractivity contribution < 1.29 is 14.7 Å². The summed E-state index contributed by atoms with van der Waals surface area (Å²) in [5, 5.41) is 11.4. The number of benzene rings is 2. The standard InChI is InChI=1S/C17H15ClN2O3S/c18-12-7-5-11(6-8-12)9-15(22)19-20-16(23)10-24-17(20)13-3-1-2-4-14(13)21/h1-8,17,21H,9-10H2,(H,19,22). The molecule has 1 atom stereocenters. The summed E-state index contributed by atoms with van der Waals surface area (Å²) in [7, 11) is 0. The molecule has 2 aromatic carbocycles. The number of rotatable bonds is 4. The van der Waals surface area contributed by atoms with Crippen LogP contribution in [-0.2, 0) is 16.0 Å². The highest BCUT2D eigenvalue weighted by atomic mass is 35.5. The molecule has 0 radical (unpaired) electrons. The number of carbonyl (C=O) groups is 2. The maximum absolute atomic E-state index is 12.3. The van der Waals surface area contributed by atoms with Gasteiger partial charge in [-0.1, -0.05) is 41.9 Å². The first-order valence-electron chi connectivity index (χ1n) is 7.30. The minimum Gasteiger partial charge on any atom is -0.508 e. The van der Waals surface area contributed by atoms with Crippen LogP contribution in [-0.4, -0.2) is 27.7 Å². The lowest BCUT2D eigenvalue weighted by atomic mass is 10.1. The fraction of sp³-hybridized carbons (Fsp3) is 0.176. The van der Waals surface area contributed by atoms with Crippen LogP contribution in [0.5, 0.6) is 5.75 Å². The van der Waals surface area contributed by atoms with Gasteiger partial charge in [-0.2, -0.15) is 0 Å². The van der Waals surface area contributed by atoms with Crippen molar-refractivity contribution in [2.75, 3.05) is 5.75 Å². The SMILES string of the molecule is O=C(Cc1ccc(Cl)cc1)NN1C(=O)CSC1c1ccccc1O. The summed E-state index contributed by atoms with van der Waals surface area (Å²) >= 11 is 7.19. The van der Waals surface area contributed by atoms with E-state index in [1.807, 2.05) is 0 Å². The first-order valence-corrected chi connectivity index (χ1v) is 8.73. The Balaban J connectivity index is 1.72. The smallest absolute Gasteiger partial charge is 0.252 e. The number of aromatic hydroxyl groups is 1. The number of hydrogen-bond donors (Lipinski definition) is 2. The Morgan fingerprint density at radius 3 is 2.67 bits per heavy atom. The lowest BCUT2D eigenvalue weighted by Crippen LogP contribution is -2.45. The highest BCUT2D eigenvalue weighted by Gasteiger charge is 2.35. The monoisotopic (exact) mass is 362 g/mol. The van der Waals surface area contributed by atoms with Crippen LogP contribution in [0, 0.1) is 0 Å². The number of amides is 2. The Bertz CT molecular complexity index is 767. The van der Waals surface area contributed by atoms with Gasteiger partial charge in [0.05, 0.1) is 12.2 Å². The quantitative estimate of drug-likeness (QED) is 0.877. The zero-order valence-electron chi connectivity index (χ0n) is 12.6. The fourth-order valence-corrected chi connectivity index (χ4v) is 3.70. The molecule has 24 heavy (non-hydrogen) atoms. The molecule has 0 aromatic heterocycles. The Labute approximate surface area is 148 Å². The number of phenols is 1. The summed E-state index contributed by atoms with van der Waals surface area (Å²) in [4.78, 5) is 24.3. The molecule has 0 spiro atoms. The Hall–Kier alpha value is -2.18. The zero-order valence-corrected chi connectivity index (χ0v) is 14.2. The van der Waals surface area contributed by atoms with E-state index in [0.717, 1.165) is 5.56 Å². The molecule has 1 saturated heterocycles. The van der Waals surface area contributed by atoms with E-state index in [-0.39, 0.29) is 29.7 Å². The molecule has 1 fully saturated rings. The summed E-state index contributed by atoms with van der Waals surface area (Å²) < 4.78 is 0. The number of phenolic OH excluding ortho intramolecular Hbond substituents is 1. The molecule has 0 bridgehead atoms. The van der Waals surface area contributed by atoms with Crippen LogP contribution in [0.1, 0.15) is 16.5 Å². The van der Waals surface area contributed by atoms with Gasteiger partial charge >= 0.3 is 0 Å². The first-order chi connectivity index (χ1) is 11.5. The van der Waals surface area contributed by atoms with Crippen LogP contribution >= 0.6 is 23.4 Å². The van der Waals surface area contributed by atoms with Gasteiger partial charge in [-0.3, -0.25) is 15.0 Å². The number of para-hydroxylation sites is 1. The third-order valence-corrected chi connectivity index (χ3v) is 5.04.